The molecule has 2 nitrogen and oxygen atoms in total. The quantitative estimate of drug-likeness (QED) is 0.674. The van der Waals surface area contributed by atoms with E-state index in [-0.39, 0.29) is 6.10 Å². The molecular formula is C23H25Cl2NO. The van der Waals surface area contributed by atoms with E-state index >= 15 is 0 Å². The molecule has 1 N–H and O–H groups in total. The van der Waals surface area contributed by atoms with Crippen LogP contribution >= 0.6 is 23.2 Å². The lowest BCUT2D eigenvalue weighted by atomic mass is 9.65. The molecule has 5 rings (SSSR count). The zero-order chi connectivity index (χ0) is 18.4. The number of fused-ring (bicyclic) bond motifs is 3. The van der Waals surface area contributed by atoms with Gasteiger partial charge in [0.1, 0.15) is 11.9 Å². The van der Waals surface area contributed by atoms with Crippen molar-refractivity contribution in [2.24, 2.45) is 17.8 Å². The fraction of sp³-hybridized carbons (Fsp3) is 0.478. The minimum absolute atomic E-state index is 0.0200. The lowest BCUT2D eigenvalue weighted by Gasteiger charge is -2.47. The molecule has 2 bridgehead atoms. The van der Waals surface area contributed by atoms with Gasteiger partial charge in [-0.3, -0.25) is 0 Å². The molecule has 2 aromatic carbocycles. The van der Waals surface area contributed by atoms with Crippen LogP contribution in [-0.4, -0.2) is 12.6 Å². The smallest absolute Gasteiger partial charge is 0.128 e. The fourth-order valence-electron chi connectivity index (χ4n) is 5.79. The van der Waals surface area contributed by atoms with Gasteiger partial charge in [-0.2, -0.15) is 0 Å². The van der Waals surface area contributed by atoms with Crippen LogP contribution in [0.1, 0.15) is 42.9 Å². The Kier molecular flexibility index (Phi) is 4.83. The van der Waals surface area contributed by atoms with Crippen LogP contribution in [0.5, 0.6) is 5.75 Å². The van der Waals surface area contributed by atoms with Gasteiger partial charge in [0, 0.05) is 22.0 Å². The normalized spacial score (nSPS) is 32.1. The molecule has 5 atom stereocenters. The summed E-state index contributed by atoms with van der Waals surface area (Å²) in [5.41, 5.74) is 2.42. The second kappa shape index (κ2) is 7.31. The van der Waals surface area contributed by atoms with Crippen molar-refractivity contribution >= 4 is 23.2 Å². The summed E-state index contributed by atoms with van der Waals surface area (Å²) in [5, 5.41) is 5.28. The summed E-state index contributed by atoms with van der Waals surface area (Å²) < 4.78 is 6.60. The van der Waals surface area contributed by atoms with Crippen LogP contribution < -0.4 is 10.1 Å². The summed E-state index contributed by atoms with van der Waals surface area (Å²) in [7, 11) is 0. The Morgan fingerprint density at radius 1 is 1.00 bits per heavy atom. The second-order valence-corrected chi connectivity index (χ2v) is 9.14. The number of benzene rings is 2. The van der Waals surface area contributed by atoms with E-state index in [2.05, 4.69) is 11.4 Å². The first-order valence-electron chi connectivity index (χ1n) is 10.1. The van der Waals surface area contributed by atoms with Gasteiger partial charge in [-0.05, 0) is 73.0 Å². The highest BCUT2D eigenvalue weighted by Gasteiger charge is 2.48. The number of para-hydroxylation sites is 1. The number of nitrogens with one attached hydrogen (secondary N) is 1. The van der Waals surface area contributed by atoms with Crippen LogP contribution in [0.4, 0.5) is 0 Å². The Morgan fingerprint density at radius 2 is 1.85 bits per heavy atom. The van der Waals surface area contributed by atoms with E-state index < -0.39 is 0 Å². The second-order valence-electron chi connectivity index (χ2n) is 8.29. The third-order valence-corrected chi connectivity index (χ3v) is 7.41. The van der Waals surface area contributed by atoms with Gasteiger partial charge in [-0.15, -0.1) is 0 Å². The van der Waals surface area contributed by atoms with Gasteiger partial charge in [0.2, 0.25) is 0 Å². The van der Waals surface area contributed by atoms with Gasteiger partial charge in [-0.25, -0.2) is 0 Å². The first-order chi connectivity index (χ1) is 13.2. The number of halogens is 2. The molecule has 1 heterocycles. The van der Waals surface area contributed by atoms with Crippen molar-refractivity contribution in [2.75, 3.05) is 6.54 Å². The van der Waals surface area contributed by atoms with Gasteiger partial charge in [0.15, 0.2) is 0 Å². The first-order valence-corrected chi connectivity index (χ1v) is 10.9. The summed E-state index contributed by atoms with van der Waals surface area (Å²) in [6.45, 7) is 1.16. The van der Waals surface area contributed by atoms with Crippen LogP contribution in [0, 0.1) is 17.8 Å². The number of piperidine rings is 1. The fourth-order valence-corrected chi connectivity index (χ4v) is 6.38. The van der Waals surface area contributed by atoms with Gasteiger partial charge in [-0.1, -0.05) is 54.2 Å². The first kappa shape index (κ1) is 17.8. The summed E-state index contributed by atoms with van der Waals surface area (Å²) in [6, 6.07) is 14.7. The van der Waals surface area contributed by atoms with Gasteiger partial charge >= 0.3 is 0 Å². The zero-order valence-corrected chi connectivity index (χ0v) is 16.8. The van der Waals surface area contributed by atoms with Crippen molar-refractivity contribution in [3.8, 4) is 5.75 Å². The van der Waals surface area contributed by atoms with Gasteiger partial charge in [0.05, 0.1) is 0 Å². The van der Waals surface area contributed by atoms with E-state index in [1.54, 1.807) is 0 Å². The molecule has 27 heavy (non-hydrogen) atoms. The Bertz CT molecular complexity index is 803. The van der Waals surface area contributed by atoms with Crippen molar-refractivity contribution in [2.45, 2.75) is 44.2 Å². The molecule has 3 unspecified atom stereocenters. The highest BCUT2D eigenvalue weighted by Crippen LogP contribution is 2.52. The maximum Gasteiger partial charge on any atom is 0.128 e. The molecule has 1 saturated carbocycles. The van der Waals surface area contributed by atoms with Gasteiger partial charge < -0.3 is 10.1 Å². The van der Waals surface area contributed by atoms with Gasteiger partial charge in [0.25, 0.3) is 0 Å². The molecular weight excluding hydrogens is 377 g/mol. The number of hydrogen-bond donors (Lipinski definition) is 1. The molecule has 0 amide bonds. The van der Waals surface area contributed by atoms with E-state index in [9.17, 15) is 0 Å². The highest BCUT2D eigenvalue weighted by molar-refractivity contribution is 6.35. The van der Waals surface area contributed by atoms with E-state index in [0.717, 1.165) is 29.7 Å². The van der Waals surface area contributed by atoms with Crippen molar-refractivity contribution in [1.29, 1.82) is 0 Å². The summed E-state index contributed by atoms with van der Waals surface area (Å²) in [6.07, 6.45) is 6.26. The third kappa shape index (κ3) is 3.26. The van der Waals surface area contributed by atoms with E-state index in [1.807, 2.05) is 36.4 Å². The Hall–Kier alpha value is -1.22. The lowest BCUT2D eigenvalue weighted by Crippen LogP contribution is -2.52. The molecule has 3 aliphatic rings. The Morgan fingerprint density at radius 3 is 2.67 bits per heavy atom. The van der Waals surface area contributed by atoms with E-state index in [1.165, 1.54) is 36.8 Å². The standard InChI is InChI=1S/C23H25Cl2NO/c24-15-11-18-17(20(25)12-15)13-19(23(18)27-16-6-2-1-3-7-16)22-14-5-4-8-21(22)26-10-9-14/h1-3,6-7,11-12,14,19,21-23,26H,4-5,8-10,13H2/t14?,19-,21?,22?,23+/m0/s1. The molecule has 0 spiro atoms. The average Bonchev–Trinajstić information content (AvgIpc) is 3.00. The van der Waals surface area contributed by atoms with Crippen LogP contribution in [0.3, 0.4) is 0 Å². The van der Waals surface area contributed by atoms with Crippen LogP contribution in [-0.2, 0) is 6.42 Å². The molecule has 2 aromatic rings. The van der Waals surface area contributed by atoms with Crippen molar-refractivity contribution < 1.29 is 4.74 Å². The number of hydrogen-bond acceptors (Lipinski definition) is 2. The third-order valence-electron chi connectivity index (χ3n) is 6.85. The minimum Gasteiger partial charge on any atom is -0.485 e. The maximum absolute atomic E-state index is 6.61. The average molecular weight is 402 g/mol. The topological polar surface area (TPSA) is 21.3 Å². The maximum atomic E-state index is 6.61. The monoisotopic (exact) mass is 401 g/mol. The minimum atomic E-state index is 0.0200. The number of ether oxygens (including phenoxy) is 1. The predicted octanol–water partition coefficient (Wildman–Crippen LogP) is 6.06. The number of rotatable bonds is 3. The van der Waals surface area contributed by atoms with Crippen molar-refractivity contribution in [3.63, 3.8) is 0 Å². The Labute approximate surface area is 171 Å². The van der Waals surface area contributed by atoms with Crippen LogP contribution in [0.15, 0.2) is 42.5 Å². The molecule has 0 aromatic heterocycles. The summed E-state index contributed by atoms with van der Waals surface area (Å²) in [4.78, 5) is 0. The Balaban J connectivity index is 1.54. The molecule has 0 radical (unpaired) electrons. The van der Waals surface area contributed by atoms with E-state index in [4.69, 9.17) is 27.9 Å². The molecule has 1 saturated heterocycles. The largest absolute Gasteiger partial charge is 0.485 e. The summed E-state index contributed by atoms with van der Waals surface area (Å²) in [5.74, 6) is 2.80. The molecule has 142 valence electrons. The molecule has 1 aliphatic heterocycles. The van der Waals surface area contributed by atoms with E-state index in [0.29, 0.717) is 22.9 Å². The van der Waals surface area contributed by atoms with Crippen LogP contribution in [0.2, 0.25) is 10.0 Å². The van der Waals surface area contributed by atoms with Crippen LogP contribution in [0.25, 0.3) is 0 Å². The molecule has 2 aliphatic carbocycles. The molecule has 4 heteroatoms. The zero-order valence-electron chi connectivity index (χ0n) is 15.3. The van der Waals surface area contributed by atoms with Crippen molar-refractivity contribution in [3.05, 3.63) is 63.6 Å². The molecule has 2 fully saturated rings. The lowest BCUT2D eigenvalue weighted by molar-refractivity contribution is 0.0189. The summed E-state index contributed by atoms with van der Waals surface area (Å²) >= 11 is 13.0. The SMILES string of the molecule is Clc1cc(Cl)c2c(c1)[C@@H](Oc1ccccc1)[C@H](C1C3CCCC1NCC3)C2. The highest BCUT2D eigenvalue weighted by atomic mass is 35.5. The van der Waals surface area contributed by atoms with Crippen molar-refractivity contribution in [1.82, 2.24) is 5.32 Å². The predicted molar refractivity (Wildman–Crippen MR) is 111 cm³/mol.